The Morgan fingerprint density at radius 2 is 1.70 bits per heavy atom. The molecule has 2 aliphatic heterocycles. The first kappa shape index (κ1) is 17.7. The number of carbonyl (C=O) groups excluding carboxylic acids is 2. The van der Waals surface area contributed by atoms with E-state index in [9.17, 15) is 14.7 Å². The summed E-state index contributed by atoms with van der Waals surface area (Å²) in [4.78, 5) is 28.4. The second-order valence-electron chi connectivity index (χ2n) is 7.49. The van der Waals surface area contributed by atoms with Crippen LogP contribution in [0.3, 0.4) is 0 Å². The van der Waals surface area contributed by atoms with E-state index in [1.54, 1.807) is 4.90 Å². The molecule has 2 aromatic carbocycles. The summed E-state index contributed by atoms with van der Waals surface area (Å²) in [6.45, 7) is 0.965. The molecule has 0 radical (unpaired) electrons. The minimum absolute atomic E-state index is 0.125. The van der Waals surface area contributed by atoms with E-state index in [2.05, 4.69) is 5.32 Å². The fourth-order valence-electron chi connectivity index (χ4n) is 4.60. The van der Waals surface area contributed by atoms with Crippen LogP contribution in [0.2, 0.25) is 0 Å². The maximum absolute atomic E-state index is 13.6. The molecule has 5 heteroatoms. The molecule has 2 aliphatic rings. The van der Waals surface area contributed by atoms with Crippen molar-refractivity contribution in [2.75, 3.05) is 13.2 Å². The summed E-state index contributed by atoms with van der Waals surface area (Å²) in [6.07, 6.45) is 1.07. The van der Waals surface area contributed by atoms with Crippen LogP contribution in [0.1, 0.15) is 29.9 Å². The van der Waals surface area contributed by atoms with Gasteiger partial charge in [-0.15, -0.1) is 0 Å². The van der Waals surface area contributed by atoms with Crippen molar-refractivity contribution in [3.05, 3.63) is 71.8 Å². The number of likely N-dealkylation sites (tertiary alicyclic amines) is 1. The summed E-state index contributed by atoms with van der Waals surface area (Å²) in [7, 11) is 0. The number of hydrogen-bond acceptors (Lipinski definition) is 3. The quantitative estimate of drug-likeness (QED) is 0.816. The monoisotopic (exact) mass is 364 g/mol. The van der Waals surface area contributed by atoms with Gasteiger partial charge in [0, 0.05) is 19.0 Å². The maximum Gasteiger partial charge on any atom is 0.239 e. The van der Waals surface area contributed by atoms with Gasteiger partial charge in [-0.3, -0.25) is 9.59 Å². The van der Waals surface area contributed by atoms with Crippen molar-refractivity contribution in [3.63, 3.8) is 0 Å². The van der Waals surface area contributed by atoms with Crippen LogP contribution in [0, 0.1) is 5.41 Å². The van der Waals surface area contributed by atoms with Crippen LogP contribution in [0.15, 0.2) is 60.7 Å². The molecule has 2 saturated heterocycles. The molecule has 0 aromatic heterocycles. The summed E-state index contributed by atoms with van der Waals surface area (Å²) in [5.74, 6) is -0.548. The topological polar surface area (TPSA) is 69.6 Å². The highest BCUT2D eigenvalue weighted by Gasteiger charge is 2.60. The van der Waals surface area contributed by atoms with Gasteiger partial charge >= 0.3 is 0 Å². The number of piperidine rings is 1. The molecule has 2 fully saturated rings. The van der Waals surface area contributed by atoms with Crippen LogP contribution in [0.25, 0.3) is 0 Å². The number of rotatable bonds is 4. The van der Waals surface area contributed by atoms with Gasteiger partial charge in [-0.2, -0.15) is 0 Å². The van der Waals surface area contributed by atoms with Crippen molar-refractivity contribution in [3.8, 4) is 0 Å². The summed E-state index contributed by atoms with van der Waals surface area (Å²) in [5.41, 5.74) is 0.928. The molecule has 0 unspecified atom stereocenters. The first-order chi connectivity index (χ1) is 13.1. The smallest absolute Gasteiger partial charge is 0.239 e. The van der Waals surface area contributed by atoms with E-state index in [4.69, 9.17) is 0 Å². The minimum atomic E-state index is -1.14. The van der Waals surface area contributed by atoms with E-state index in [0.29, 0.717) is 19.5 Å². The van der Waals surface area contributed by atoms with Crippen molar-refractivity contribution in [2.24, 2.45) is 5.41 Å². The molecule has 5 nitrogen and oxygen atoms in total. The molecule has 0 saturated carbocycles. The lowest BCUT2D eigenvalue weighted by Crippen LogP contribution is -2.55. The molecular weight excluding hydrogens is 340 g/mol. The third-order valence-electron chi connectivity index (χ3n) is 5.90. The Morgan fingerprint density at radius 3 is 2.33 bits per heavy atom. The van der Waals surface area contributed by atoms with Gasteiger partial charge in [-0.25, -0.2) is 0 Å². The number of amides is 2. The Bertz CT molecular complexity index is 824. The number of aliphatic hydroxyl groups is 1. The highest BCUT2D eigenvalue weighted by Crippen LogP contribution is 2.49. The van der Waals surface area contributed by atoms with Crippen LogP contribution in [-0.2, 0) is 16.1 Å². The zero-order chi connectivity index (χ0) is 18.9. The van der Waals surface area contributed by atoms with Gasteiger partial charge in [0.05, 0.1) is 12.6 Å². The van der Waals surface area contributed by atoms with Gasteiger partial charge < -0.3 is 15.3 Å². The van der Waals surface area contributed by atoms with Gasteiger partial charge in [0.15, 0.2) is 0 Å². The first-order valence-electron chi connectivity index (χ1n) is 9.45. The molecule has 140 valence electrons. The molecule has 3 atom stereocenters. The minimum Gasteiger partial charge on any atom is -0.394 e. The highest BCUT2D eigenvalue weighted by molar-refractivity contribution is 6.08. The molecule has 0 aliphatic carbocycles. The molecule has 2 N–H and O–H groups in total. The Hall–Kier alpha value is -2.66. The molecule has 4 rings (SSSR count). The van der Waals surface area contributed by atoms with Crippen LogP contribution < -0.4 is 5.32 Å². The number of carbonyl (C=O) groups is 2. The predicted octanol–water partition coefficient (Wildman–Crippen LogP) is 2.07. The van der Waals surface area contributed by atoms with Crippen molar-refractivity contribution in [1.29, 1.82) is 0 Å². The average Bonchev–Trinajstić information content (AvgIpc) is 3.04. The van der Waals surface area contributed by atoms with E-state index < -0.39 is 5.41 Å². The van der Waals surface area contributed by atoms with Crippen molar-refractivity contribution in [2.45, 2.75) is 31.3 Å². The maximum atomic E-state index is 13.6. The lowest BCUT2D eigenvalue weighted by Gasteiger charge is -2.43. The van der Waals surface area contributed by atoms with Crippen molar-refractivity contribution in [1.82, 2.24) is 10.2 Å². The third-order valence-corrected chi connectivity index (χ3v) is 5.90. The third kappa shape index (κ3) is 3.02. The van der Waals surface area contributed by atoms with E-state index >= 15 is 0 Å². The Morgan fingerprint density at radius 1 is 1.04 bits per heavy atom. The second kappa shape index (κ2) is 7.16. The van der Waals surface area contributed by atoms with Gasteiger partial charge in [-0.05, 0) is 24.0 Å². The fourth-order valence-corrected chi connectivity index (χ4v) is 4.60. The SMILES string of the molecule is O=C1N[C@@H](CO)C[C@@]12C(=O)N(Cc1ccccc1)CC[C@@H]2c1ccccc1. The summed E-state index contributed by atoms with van der Waals surface area (Å²) in [6, 6.07) is 19.3. The molecule has 27 heavy (non-hydrogen) atoms. The Balaban J connectivity index is 1.70. The van der Waals surface area contributed by atoms with Gasteiger partial charge in [-0.1, -0.05) is 60.7 Å². The van der Waals surface area contributed by atoms with Crippen LogP contribution in [0.5, 0.6) is 0 Å². The summed E-state index contributed by atoms with van der Waals surface area (Å²) in [5, 5.41) is 12.4. The molecule has 2 aromatic rings. The number of hydrogen-bond donors (Lipinski definition) is 2. The van der Waals surface area contributed by atoms with Gasteiger partial charge in [0.1, 0.15) is 5.41 Å². The van der Waals surface area contributed by atoms with E-state index in [1.807, 2.05) is 60.7 Å². The van der Waals surface area contributed by atoms with Crippen LogP contribution in [0.4, 0.5) is 0 Å². The summed E-state index contributed by atoms with van der Waals surface area (Å²) < 4.78 is 0. The van der Waals surface area contributed by atoms with E-state index in [-0.39, 0.29) is 30.4 Å². The zero-order valence-corrected chi connectivity index (χ0v) is 15.2. The second-order valence-corrected chi connectivity index (χ2v) is 7.49. The van der Waals surface area contributed by atoms with Crippen molar-refractivity contribution < 1.29 is 14.7 Å². The molecule has 0 bridgehead atoms. The number of nitrogens with zero attached hydrogens (tertiary/aromatic N) is 1. The fraction of sp³-hybridized carbons (Fsp3) is 0.364. The summed E-state index contributed by atoms with van der Waals surface area (Å²) >= 11 is 0. The highest BCUT2D eigenvalue weighted by atomic mass is 16.3. The molecular formula is C22H24N2O3. The lowest BCUT2D eigenvalue weighted by atomic mass is 9.65. The number of aliphatic hydroxyl groups excluding tert-OH is 1. The van der Waals surface area contributed by atoms with Crippen LogP contribution in [-0.4, -0.2) is 41.0 Å². The Labute approximate surface area is 159 Å². The molecule has 2 heterocycles. The zero-order valence-electron chi connectivity index (χ0n) is 15.2. The lowest BCUT2D eigenvalue weighted by molar-refractivity contribution is -0.154. The van der Waals surface area contributed by atoms with Crippen molar-refractivity contribution >= 4 is 11.8 Å². The standard InChI is InChI=1S/C22H24N2O3/c25-15-18-13-22(20(26)23-18)19(17-9-5-2-6-10-17)11-12-24(21(22)27)14-16-7-3-1-4-8-16/h1-10,18-19,25H,11-15H2,(H,23,26)/t18-,19-,22+/m1/s1. The van der Waals surface area contributed by atoms with Gasteiger partial charge in [0.25, 0.3) is 0 Å². The largest absolute Gasteiger partial charge is 0.394 e. The van der Waals surface area contributed by atoms with Gasteiger partial charge in [0.2, 0.25) is 11.8 Å². The normalized spacial score (nSPS) is 27.8. The van der Waals surface area contributed by atoms with E-state index in [0.717, 1.165) is 17.5 Å². The predicted molar refractivity (Wildman–Crippen MR) is 102 cm³/mol. The molecule has 2 amide bonds. The van der Waals surface area contributed by atoms with E-state index in [1.165, 1.54) is 0 Å². The Kier molecular flexibility index (Phi) is 4.70. The number of benzene rings is 2. The molecule has 1 spiro atoms. The number of nitrogens with one attached hydrogen (secondary N) is 1. The first-order valence-corrected chi connectivity index (χ1v) is 9.45. The van der Waals surface area contributed by atoms with Crippen LogP contribution >= 0.6 is 0 Å². The average molecular weight is 364 g/mol.